The van der Waals surface area contributed by atoms with Gasteiger partial charge in [0.2, 0.25) is 0 Å². The van der Waals surface area contributed by atoms with Crippen LogP contribution < -0.4 is 0 Å². The van der Waals surface area contributed by atoms with Crippen molar-refractivity contribution in [3.8, 4) is 0 Å². The molecule has 90 valence electrons. The van der Waals surface area contributed by atoms with Crippen molar-refractivity contribution in [2.45, 2.75) is 38.8 Å². The van der Waals surface area contributed by atoms with Gasteiger partial charge in [-0.2, -0.15) is 13.2 Å². The maximum Gasteiger partial charge on any atom is 0.419 e. The van der Waals surface area contributed by atoms with E-state index in [1.807, 2.05) is 6.92 Å². The van der Waals surface area contributed by atoms with E-state index in [1.54, 1.807) is 0 Å². The molecule has 0 N–H and O–H groups in total. The molecule has 16 heavy (non-hydrogen) atoms. The number of hydrogen-bond donors (Lipinski definition) is 0. The molecule has 0 bridgehead atoms. The van der Waals surface area contributed by atoms with Crippen molar-refractivity contribution in [3.05, 3.63) is 35.1 Å². The second kappa shape index (κ2) is 5.32. The fraction of sp³-hybridized carbons (Fsp3) is 0.500. The van der Waals surface area contributed by atoms with E-state index in [2.05, 4.69) is 0 Å². The smallest absolute Gasteiger partial charge is 0.206 e. The summed E-state index contributed by atoms with van der Waals surface area (Å²) in [6.07, 6.45) is -1.67. The van der Waals surface area contributed by atoms with Gasteiger partial charge in [0, 0.05) is 0 Å². The average Bonchev–Trinajstić information content (AvgIpc) is 2.19. The van der Waals surface area contributed by atoms with E-state index in [9.17, 15) is 17.6 Å². The molecule has 0 radical (unpaired) electrons. The summed E-state index contributed by atoms with van der Waals surface area (Å²) in [4.78, 5) is 0. The highest BCUT2D eigenvalue weighted by atomic mass is 19.4. The van der Waals surface area contributed by atoms with Crippen molar-refractivity contribution in [1.29, 1.82) is 0 Å². The molecule has 0 atom stereocenters. The predicted molar refractivity (Wildman–Crippen MR) is 54.6 cm³/mol. The van der Waals surface area contributed by atoms with E-state index >= 15 is 0 Å². The molecule has 0 aliphatic heterocycles. The Kier molecular flexibility index (Phi) is 4.33. The third kappa shape index (κ3) is 3.22. The van der Waals surface area contributed by atoms with Crippen LogP contribution in [0.1, 0.15) is 37.3 Å². The minimum atomic E-state index is -4.61. The fourth-order valence-electron chi connectivity index (χ4n) is 1.56. The number of rotatable bonds is 4. The molecule has 0 unspecified atom stereocenters. The first-order chi connectivity index (χ1) is 7.46. The molecule has 0 amide bonds. The largest absolute Gasteiger partial charge is 0.419 e. The number of unbranched alkanes of at least 4 members (excludes halogenated alkanes) is 2. The second-order valence-corrected chi connectivity index (χ2v) is 3.73. The first-order valence-corrected chi connectivity index (χ1v) is 5.31. The zero-order valence-corrected chi connectivity index (χ0v) is 9.07. The molecule has 1 aromatic carbocycles. The lowest BCUT2D eigenvalue weighted by Gasteiger charge is -2.10. The van der Waals surface area contributed by atoms with Crippen molar-refractivity contribution in [3.63, 3.8) is 0 Å². The molecule has 1 rings (SSSR count). The summed E-state index contributed by atoms with van der Waals surface area (Å²) in [7, 11) is 0. The van der Waals surface area contributed by atoms with Gasteiger partial charge in [-0.1, -0.05) is 31.9 Å². The maximum atomic E-state index is 13.5. The fourth-order valence-corrected chi connectivity index (χ4v) is 1.56. The number of halogens is 4. The minimum Gasteiger partial charge on any atom is -0.206 e. The van der Waals surface area contributed by atoms with Gasteiger partial charge in [0.25, 0.3) is 0 Å². The monoisotopic (exact) mass is 234 g/mol. The summed E-state index contributed by atoms with van der Waals surface area (Å²) in [5.41, 5.74) is -1.01. The van der Waals surface area contributed by atoms with Crippen LogP contribution in [0.3, 0.4) is 0 Å². The first kappa shape index (κ1) is 13.0. The van der Waals surface area contributed by atoms with Crippen molar-refractivity contribution < 1.29 is 17.6 Å². The van der Waals surface area contributed by atoms with E-state index < -0.39 is 17.6 Å². The topological polar surface area (TPSA) is 0 Å². The van der Waals surface area contributed by atoms with Gasteiger partial charge in [0.05, 0.1) is 5.56 Å². The zero-order chi connectivity index (χ0) is 12.2. The molecule has 1 aromatic rings. The van der Waals surface area contributed by atoms with Crippen LogP contribution >= 0.6 is 0 Å². The van der Waals surface area contributed by atoms with Crippen molar-refractivity contribution >= 4 is 0 Å². The van der Waals surface area contributed by atoms with E-state index in [0.29, 0.717) is 12.8 Å². The molecule has 0 fully saturated rings. The lowest BCUT2D eigenvalue weighted by atomic mass is 10.0. The molecule has 0 saturated heterocycles. The van der Waals surface area contributed by atoms with Gasteiger partial charge in [-0.05, 0) is 24.5 Å². The van der Waals surface area contributed by atoms with Gasteiger partial charge in [-0.3, -0.25) is 0 Å². The highest BCUT2D eigenvalue weighted by molar-refractivity contribution is 5.28. The van der Waals surface area contributed by atoms with Crippen molar-refractivity contribution in [1.82, 2.24) is 0 Å². The van der Waals surface area contributed by atoms with Crippen LogP contribution in [-0.4, -0.2) is 0 Å². The summed E-state index contributed by atoms with van der Waals surface area (Å²) in [6, 6.07) is 3.45. The van der Waals surface area contributed by atoms with Gasteiger partial charge in [0.15, 0.2) is 0 Å². The van der Waals surface area contributed by atoms with Crippen LogP contribution in [0.5, 0.6) is 0 Å². The standard InChI is InChI=1S/C12H14F4/c1-2-3-4-6-9-7-5-8-10(11(9)13)12(14,15)16/h5,7-8H,2-4,6H2,1H3. The van der Waals surface area contributed by atoms with Crippen LogP contribution in [0.4, 0.5) is 17.6 Å². The third-order valence-corrected chi connectivity index (χ3v) is 2.43. The normalized spacial score (nSPS) is 11.8. The quantitative estimate of drug-likeness (QED) is 0.528. The Balaban J connectivity index is 2.87. The Morgan fingerprint density at radius 1 is 1.12 bits per heavy atom. The Hall–Kier alpha value is -1.06. The summed E-state index contributed by atoms with van der Waals surface area (Å²) in [5, 5.41) is 0. The summed E-state index contributed by atoms with van der Waals surface area (Å²) < 4.78 is 50.6. The third-order valence-electron chi connectivity index (χ3n) is 2.43. The average molecular weight is 234 g/mol. The second-order valence-electron chi connectivity index (χ2n) is 3.73. The Morgan fingerprint density at radius 2 is 1.81 bits per heavy atom. The summed E-state index contributed by atoms with van der Waals surface area (Å²) >= 11 is 0. The van der Waals surface area contributed by atoms with E-state index in [1.165, 1.54) is 12.1 Å². The molecule has 0 saturated carbocycles. The predicted octanol–water partition coefficient (Wildman–Crippen LogP) is 4.58. The lowest BCUT2D eigenvalue weighted by molar-refractivity contribution is -0.140. The van der Waals surface area contributed by atoms with Gasteiger partial charge in [-0.15, -0.1) is 0 Å². The molecule has 0 spiro atoms. The van der Waals surface area contributed by atoms with E-state index in [-0.39, 0.29) is 5.56 Å². The van der Waals surface area contributed by atoms with Gasteiger partial charge in [0.1, 0.15) is 5.82 Å². The molecule has 0 nitrogen and oxygen atoms in total. The Bertz CT molecular complexity index is 341. The Morgan fingerprint density at radius 3 is 2.38 bits per heavy atom. The van der Waals surface area contributed by atoms with E-state index in [4.69, 9.17) is 0 Å². The van der Waals surface area contributed by atoms with Crippen LogP contribution in [0, 0.1) is 5.82 Å². The number of benzene rings is 1. The highest BCUT2D eigenvalue weighted by Crippen LogP contribution is 2.32. The number of alkyl halides is 3. The minimum absolute atomic E-state index is 0.156. The molecule has 0 heterocycles. The number of hydrogen-bond acceptors (Lipinski definition) is 0. The van der Waals surface area contributed by atoms with Crippen LogP contribution in [0.2, 0.25) is 0 Å². The van der Waals surface area contributed by atoms with Gasteiger partial charge >= 0.3 is 6.18 Å². The highest BCUT2D eigenvalue weighted by Gasteiger charge is 2.34. The van der Waals surface area contributed by atoms with Crippen molar-refractivity contribution in [2.75, 3.05) is 0 Å². The summed E-state index contributed by atoms with van der Waals surface area (Å²) in [6.45, 7) is 1.99. The molecule has 0 aliphatic carbocycles. The first-order valence-electron chi connectivity index (χ1n) is 5.31. The van der Waals surface area contributed by atoms with Gasteiger partial charge < -0.3 is 0 Å². The molecule has 0 aliphatic rings. The zero-order valence-electron chi connectivity index (χ0n) is 9.07. The van der Waals surface area contributed by atoms with Gasteiger partial charge in [-0.25, -0.2) is 4.39 Å². The lowest BCUT2D eigenvalue weighted by Crippen LogP contribution is -2.09. The number of aryl methyl sites for hydroxylation is 1. The van der Waals surface area contributed by atoms with Crippen molar-refractivity contribution in [2.24, 2.45) is 0 Å². The Labute approximate surface area is 92.3 Å². The van der Waals surface area contributed by atoms with Crippen LogP contribution in [0.25, 0.3) is 0 Å². The SMILES string of the molecule is CCCCCc1cccc(C(F)(F)F)c1F. The van der Waals surface area contributed by atoms with Crippen LogP contribution in [0.15, 0.2) is 18.2 Å². The molecular weight excluding hydrogens is 220 g/mol. The molecular formula is C12H14F4. The molecule has 0 aromatic heterocycles. The van der Waals surface area contributed by atoms with Crippen LogP contribution in [-0.2, 0) is 12.6 Å². The maximum absolute atomic E-state index is 13.5. The van der Waals surface area contributed by atoms with E-state index in [0.717, 1.165) is 18.9 Å². The molecule has 4 heteroatoms. The summed E-state index contributed by atoms with van der Waals surface area (Å²) in [5.74, 6) is -1.12.